The Kier molecular flexibility index (Phi) is 6.50. The van der Waals surface area contributed by atoms with Crippen LogP contribution >= 0.6 is 0 Å². The summed E-state index contributed by atoms with van der Waals surface area (Å²) in [5, 5.41) is 6.31. The first-order valence-corrected chi connectivity index (χ1v) is 6.80. The molecule has 1 atom stereocenters. The molecule has 0 saturated heterocycles. The number of hydrogen-bond acceptors (Lipinski definition) is 2. The number of carbonyl (C=O) groups is 1. The summed E-state index contributed by atoms with van der Waals surface area (Å²) in [7, 11) is 0. The highest BCUT2D eigenvalue weighted by Gasteiger charge is 2.06. The smallest absolute Gasteiger partial charge is 0.240 e. The zero-order valence-electron chi connectivity index (χ0n) is 11.7. The standard InChI is InChI=1S/C14H25N3O/c1-4-7-15-9-13-6-8-17(10-13)11-14(18)16-12(3)5-2/h6,8,10,12,15H,4-5,7,9,11H2,1-3H3,(H,16,18). The topological polar surface area (TPSA) is 46.1 Å². The van der Waals surface area contributed by atoms with Crippen molar-refractivity contribution in [2.45, 2.75) is 52.7 Å². The highest BCUT2D eigenvalue weighted by Crippen LogP contribution is 2.01. The Morgan fingerprint density at radius 2 is 2.22 bits per heavy atom. The quantitative estimate of drug-likeness (QED) is 0.693. The molecule has 18 heavy (non-hydrogen) atoms. The molecule has 0 aliphatic heterocycles. The fourth-order valence-corrected chi connectivity index (χ4v) is 1.69. The lowest BCUT2D eigenvalue weighted by molar-refractivity contribution is -0.122. The van der Waals surface area contributed by atoms with Gasteiger partial charge in [-0.25, -0.2) is 0 Å². The molecular formula is C14H25N3O. The average molecular weight is 251 g/mol. The van der Waals surface area contributed by atoms with E-state index in [1.165, 1.54) is 5.56 Å². The summed E-state index contributed by atoms with van der Waals surface area (Å²) < 4.78 is 1.93. The molecule has 102 valence electrons. The molecule has 0 aliphatic carbocycles. The van der Waals surface area contributed by atoms with Crippen molar-refractivity contribution in [1.29, 1.82) is 0 Å². The molecule has 1 rings (SSSR count). The minimum Gasteiger partial charge on any atom is -0.352 e. The van der Waals surface area contributed by atoms with E-state index in [0.717, 1.165) is 25.9 Å². The lowest BCUT2D eigenvalue weighted by Crippen LogP contribution is -2.34. The molecule has 0 fully saturated rings. The normalized spacial score (nSPS) is 12.4. The van der Waals surface area contributed by atoms with Crippen LogP contribution in [0.4, 0.5) is 0 Å². The molecule has 4 nitrogen and oxygen atoms in total. The van der Waals surface area contributed by atoms with Crippen LogP contribution in [-0.2, 0) is 17.9 Å². The van der Waals surface area contributed by atoms with Gasteiger partial charge in [-0.15, -0.1) is 0 Å². The highest BCUT2D eigenvalue weighted by atomic mass is 16.2. The van der Waals surface area contributed by atoms with E-state index in [1.54, 1.807) is 0 Å². The van der Waals surface area contributed by atoms with Crippen molar-refractivity contribution in [1.82, 2.24) is 15.2 Å². The first kappa shape index (κ1) is 14.8. The Balaban J connectivity index is 2.36. The average Bonchev–Trinajstić information content (AvgIpc) is 2.76. The van der Waals surface area contributed by atoms with Gasteiger partial charge in [0.25, 0.3) is 0 Å². The van der Waals surface area contributed by atoms with Gasteiger partial charge in [0.2, 0.25) is 5.91 Å². The van der Waals surface area contributed by atoms with Crippen molar-refractivity contribution in [2.24, 2.45) is 0 Å². The Labute approximate surface area is 110 Å². The van der Waals surface area contributed by atoms with Crippen LogP contribution in [0.3, 0.4) is 0 Å². The third-order valence-electron chi connectivity index (χ3n) is 2.91. The molecule has 0 aromatic carbocycles. The van der Waals surface area contributed by atoms with Gasteiger partial charge in [-0.05, 0) is 37.9 Å². The van der Waals surface area contributed by atoms with Crippen LogP contribution in [-0.4, -0.2) is 23.1 Å². The summed E-state index contributed by atoms with van der Waals surface area (Å²) in [4.78, 5) is 11.7. The third-order valence-corrected chi connectivity index (χ3v) is 2.91. The van der Waals surface area contributed by atoms with E-state index < -0.39 is 0 Å². The van der Waals surface area contributed by atoms with Gasteiger partial charge in [0.05, 0.1) is 0 Å². The van der Waals surface area contributed by atoms with E-state index in [2.05, 4.69) is 30.5 Å². The number of nitrogens with one attached hydrogen (secondary N) is 2. The van der Waals surface area contributed by atoms with Crippen LogP contribution in [0.5, 0.6) is 0 Å². The first-order chi connectivity index (χ1) is 8.65. The Bertz CT molecular complexity index is 360. The van der Waals surface area contributed by atoms with Gasteiger partial charge in [0, 0.05) is 25.0 Å². The lowest BCUT2D eigenvalue weighted by Gasteiger charge is -2.11. The number of rotatable bonds is 8. The predicted molar refractivity (Wildman–Crippen MR) is 74.3 cm³/mol. The minimum absolute atomic E-state index is 0.0769. The molecule has 0 radical (unpaired) electrons. The lowest BCUT2D eigenvalue weighted by atomic mass is 10.2. The van der Waals surface area contributed by atoms with Gasteiger partial charge >= 0.3 is 0 Å². The molecule has 0 spiro atoms. The maximum Gasteiger partial charge on any atom is 0.240 e. The molecule has 1 aromatic rings. The van der Waals surface area contributed by atoms with E-state index >= 15 is 0 Å². The van der Waals surface area contributed by atoms with Crippen molar-refractivity contribution in [3.63, 3.8) is 0 Å². The first-order valence-electron chi connectivity index (χ1n) is 6.80. The molecule has 0 bridgehead atoms. The number of amides is 1. The van der Waals surface area contributed by atoms with Gasteiger partial charge in [0.1, 0.15) is 6.54 Å². The molecule has 1 aromatic heterocycles. The number of nitrogens with zero attached hydrogens (tertiary/aromatic N) is 1. The molecule has 0 saturated carbocycles. The second-order valence-electron chi connectivity index (χ2n) is 4.75. The number of carbonyl (C=O) groups excluding carboxylic acids is 1. The van der Waals surface area contributed by atoms with Crippen LogP contribution in [0.1, 0.15) is 39.2 Å². The minimum atomic E-state index is 0.0769. The molecular weight excluding hydrogens is 226 g/mol. The molecule has 1 heterocycles. The van der Waals surface area contributed by atoms with Gasteiger partial charge in [-0.2, -0.15) is 0 Å². The van der Waals surface area contributed by atoms with E-state index in [9.17, 15) is 4.79 Å². The molecule has 1 amide bonds. The van der Waals surface area contributed by atoms with Crippen molar-refractivity contribution >= 4 is 5.91 Å². The second kappa shape index (κ2) is 7.93. The Morgan fingerprint density at radius 3 is 2.89 bits per heavy atom. The van der Waals surface area contributed by atoms with E-state index in [4.69, 9.17) is 0 Å². The summed E-state index contributed by atoms with van der Waals surface area (Å²) in [6.45, 7) is 8.54. The van der Waals surface area contributed by atoms with Crippen LogP contribution in [0, 0.1) is 0 Å². The molecule has 1 unspecified atom stereocenters. The van der Waals surface area contributed by atoms with Crippen molar-refractivity contribution in [3.05, 3.63) is 24.0 Å². The maximum atomic E-state index is 11.7. The van der Waals surface area contributed by atoms with Crippen LogP contribution in [0.15, 0.2) is 18.5 Å². The van der Waals surface area contributed by atoms with Crippen molar-refractivity contribution < 1.29 is 4.79 Å². The SMILES string of the molecule is CCCNCc1ccn(CC(=O)NC(C)CC)c1. The van der Waals surface area contributed by atoms with E-state index in [1.807, 2.05) is 23.9 Å². The zero-order chi connectivity index (χ0) is 13.4. The summed E-state index contributed by atoms with van der Waals surface area (Å²) in [5.74, 6) is 0.0769. The molecule has 4 heteroatoms. The molecule has 2 N–H and O–H groups in total. The van der Waals surface area contributed by atoms with Crippen molar-refractivity contribution in [2.75, 3.05) is 6.54 Å². The van der Waals surface area contributed by atoms with Crippen LogP contribution in [0.2, 0.25) is 0 Å². The fourth-order valence-electron chi connectivity index (χ4n) is 1.69. The fraction of sp³-hybridized carbons (Fsp3) is 0.643. The van der Waals surface area contributed by atoms with E-state index in [0.29, 0.717) is 6.54 Å². The number of hydrogen-bond donors (Lipinski definition) is 2. The largest absolute Gasteiger partial charge is 0.352 e. The summed E-state index contributed by atoms with van der Waals surface area (Å²) in [6.07, 6.45) is 6.08. The predicted octanol–water partition coefficient (Wildman–Crippen LogP) is 1.90. The second-order valence-corrected chi connectivity index (χ2v) is 4.75. The van der Waals surface area contributed by atoms with Gasteiger partial charge < -0.3 is 15.2 Å². The van der Waals surface area contributed by atoms with Gasteiger partial charge in [0.15, 0.2) is 0 Å². The summed E-state index contributed by atoms with van der Waals surface area (Å²) in [5.41, 5.74) is 1.22. The Hall–Kier alpha value is -1.29. The summed E-state index contributed by atoms with van der Waals surface area (Å²) >= 11 is 0. The highest BCUT2D eigenvalue weighted by molar-refractivity contribution is 5.76. The molecule has 0 aliphatic rings. The summed E-state index contributed by atoms with van der Waals surface area (Å²) in [6, 6.07) is 2.30. The van der Waals surface area contributed by atoms with Gasteiger partial charge in [-0.3, -0.25) is 4.79 Å². The maximum absolute atomic E-state index is 11.7. The van der Waals surface area contributed by atoms with Gasteiger partial charge in [-0.1, -0.05) is 13.8 Å². The van der Waals surface area contributed by atoms with Crippen LogP contribution < -0.4 is 10.6 Å². The van der Waals surface area contributed by atoms with Crippen LogP contribution in [0.25, 0.3) is 0 Å². The number of aromatic nitrogens is 1. The van der Waals surface area contributed by atoms with Crippen molar-refractivity contribution in [3.8, 4) is 0 Å². The van der Waals surface area contributed by atoms with E-state index in [-0.39, 0.29) is 11.9 Å². The zero-order valence-corrected chi connectivity index (χ0v) is 11.7. The third kappa shape index (κ3) is 5.36. The Morgan fingerprint density at radius 1 is 1.44 bits per heavy atom. The monoisotopic (exact) mass is 251 g/mol.